The van der Waals surface area contributed by atoms with E-state index in [-0.39, 0.29) is 0 Å². The van der Waals surface area contributed by atoms with Crippen molar-refractivity contribution in [1.82, 2.24) is 5.32 Å². The minimum absolute atomic E-state index is 0.813. The molecular formula is C17H35N. The van der Waals surface area contributed by atoms with Crippen molar-refractivity contribution in [2.45, 2.75) is 85.1 Å². The molecule has 0 aromatic heterocycles. The maximum Gasteiger partial charge on any atom is 0.00956 e. The van der Waals surface area contributed by atoms with Crippen LogP contribution in [-0.4, -0.2) is 12.6 Å². The van der Waals surface area contributed by atoms with Gasteiger partial charge >= 0.3 is 0 Å². The molecule has 1 saturated carbocycles. The van der Waals surface area contributed by atoms with Gasteiger partial charge in [0.1, 0.15) is 0 Å². The van der Waals surface area contributed by atoms with E-state index in [1.54, 1.807) is 0 Å². The van der Waals surface area contributed by atoms with E-state index in [0.29, 0.717) is 0 Å². The average molecular weight is 253 g/mol. The van der Waals surface area contributed by atoms with E-state index >= 15 is 0 Å². The topological polar surface area (TPSA) is 12.0 Å². The zero-order valence-corrected chi connectivity index (χ0v) is 13.2. The molecule has 0 radical (unpaired) electrons. The van der Waals surface area contributed by atoms with Crippen LogP contribution in [0.15, 0.2) is 0 Å². The van der Waals surface area contributed by atoms with E-state index in [2.05, 4.69) is 33.0 Å². The summed E-state index contributed by atoms with van der Waals surface area (Å²) in [4.78, 5) is 0. The molecule has 0 aliphatic heterocycles. The van der Waals surface area contributed by atoms with Gasteiger partial charge in [-0.15, -0.1) is 0 Å². The van der Waals surface area contributed by atoms with Crippen LogP contribution in [0.2, 0.25) is 0 Å². The van der Waals surface area contributed by atoms with Crippen LogP contribution in [0.5, 0.6) is 0 Å². The van der Waals surface area contributed by atoms with Crippen LogP contribution in [0.4, 0.5) is 0 Å². The summed E-state index contributed by atoms with van der Waals surface area (Å²) in [7, 11) is 0. The third-order valence-corrected chi connectivity index (χ3v) is 5.12. The third kappa shape index (κ3) is 4.91. The number of nitrogens with one attached hydrogen (secondary N) is 1. The largest absolute Gasteiger partial charge is 0.314 e. The van der Waals surface area contributed by atoms with E-state index in [0.717, 1.165) is 23.8 Å². The number of rotatable bonds is 8. The van der Waals surface area contributed by atoms with Gasteiger partial charge in [-0.3, -0.25) is 0 Å². The summed E-state index contributed by atoms with van der Waals surface area (Å²) < 4.78 is 0. The molecule has 3 atom stereocenters. The summed E-state index contributed by atoms with van der Waals surface area (Å²) in [6, 6.07) is 0.813. The second-order valence-electron chi connectivity index (χ2n) is 6.33. The highest BCUT2D eigenvalue weighted by Crippen LogP contribution is 2.36. The maximum absolute atomic E-state index is 3.82. The van der Waals surface area contributed by atoms with Crippen molar-refractivity contribution in [3.8, 4) is 0 Å². The summed E-state index contributed by atoms with van der Waals surface area (Å²) in [6.45, 7) is 10.6. The highest BCUT2D eigenvalue weighted by Gasteiger charge is 2.30. The number of hydrogen-bond acceptors (Lipinski definition) is 1. The van der Waals surface area contributed by atoms with Crippen LogP contribution >= 0.6 is 0 Å². The summed E-state index contributed by atoms with van der Waals surface area (Å²) >= 11 is 0. The van der Waals surface area contributed by atoms with Gasteiger partial charge < -0.3 is 5.32 Å². The molecule has 1 N–H and O–H groups in total. The molecule has 0 saturated heterocycles. The Balaban J connectivity index is 2.52. The van der Waals surface area contributed by atoms with Gasteiger partial charge in [0, 0.05) is 6.04 Å². The standard InChI is InChI=1S/C17H35N/c1-5-11-18-17-10-9-15(8-4)13-16(17)12-14(6-2)7-3/h14-18H,5-13H2,1-4H3. The van der Waals surface area contributed by atoms with Crippen molar-refractivity contribution in [3.05, 3.63) is 0 Å². The second kappa shape index (κ2) is 8.96. The fourth-order valence-electron chi connectivity index (χ4n) is 3.64. The second-order valence-corrected chi connectivity index (χ2v) is 6.33. The monoisotopic (exact) mass is 253 g/mol. The van der Waals surface area contributed by atoms with E-state index in [4.69, 9.17) is 0 Å². The van der Waals surface area contributed by atoms with Gasteiger partial charge in [-0.1, -0.05) is 47.0 Å². The van der Waals surface area contributed by atoms with Crippen LogP contribution < -0.4 is 5.32 Å². The molecule has 1 heteroatoms. The lowest BCUT2D eigenvalue weighted by Crippen LogP contribution is -2.41. The predicted molar refractivity (Wildman–Crippen MR) is 81.9 cm³/mol. The Morgan fingerprint density at radius 3 is 2.33 bits per heavy atom. The Kier molecular flexibility index (Phi) is 7.97. The lowest BCUT2D eigenvalue weighted by Gasteiger charge is -2.38. The minimum Gasteiger partial charge on any atom is -0.314 e. The lowest BCUT2D eigenvalue weighted by atomic mass is 9.73. The van der Waals surface area contributed by atoms with Crippen LogP contribution in [0.1, 0.15) is 79.1 Å². The zero-order valence-electron chi connectivity index (χ0n) is 13.2. The summed E-state index contributed by atoms with van der Waals surface area (Å²) in [6.07, 6.45) is 11.2. The molecule has 0 aromatic rings. The molecule has 0 bridgehead atoms. The molecule has 1 nitrogen and oxygen atoms in total. The van der Waals surface area contributed by atoms with Crippen molar-refractivity contribution >= 4 is 0 Å². The van der Waals surface area contributed by atoms with E-state index in [1.165, 1.54) is 57.9 Å². The Labute approximate surface area is 115 Å². The van der Waals surface area contributed by atoms with Gasteiger partial charge in [0.2, 0.25) is 0 Å². The normalized spacial score (nSPS) is 28.8. The fraction of sp³-hybridized carbons (Fsp3) is 1.00. The Morgan fingerprint density at radius 2 is 1.78 bits per heavy atom. The molecule has 108 valence electrons. The first kappa shape index (κ1) is 16.0. The van der Waals surface area contributed by atoms with Crippen molar-refractivity contribution in [1.29, 1.82) is 0 Å². The Hall–Kier alpha value is -0.0400. The molecule has 0 amide bonds. The first-order valence-electron chi connectivity index (χ1n) is 8.48. The highest BCUT2D eigenvalue weighted by molar-refractivity contribution is 4.85. The van der Waals surface area contributed by atoms with Gasteiger partial charge in [-0.25, -0.2) is 0 Å². The molecule has 3 unspecified atom stereocenters. The summed E-state index contributed by atoms with van der Waals surface area (Å²) in [5.41, 5.74) is 0. The predicted octanol–water partition coefficient (Wildman–Crippen LogP) is 5.01. The summed E-state index contributed by atoms with van der Waals surface area (Å²) in [5, 5.41) is 3.82. The van der Waals surface area contributed by atoms with E-state index in [9.17, 15) is 0 Å². The first-order chi connectivity index (χ1) is 8.74. The molecule has 18 heavy (non-hydrogen) atoms. The van der Waals surface area contributed by atoms with E-state index < -0.39 is 0 Å². The van der Waals surface area contributed by atoms with Crippen LogP contribution in [0, 0.1) is 17.8 Å². The van der Waals surface area contributed by atoms with Crippen molar-refractivity contribution in [3.63, 3.8) is 0 Å². The smallest absolute Gasteiger partial charge is 0.00956 e. The summed E-state index contributed by atoms with van der Waals surface area (Å²) in [5.74, 6) is 2.90. The van der Waals surface area contributed by atoms with Crippen LogP contribution in [0.25, 0.3) is 0 Å². The average Bonchev–Trinajstić information content (AvgIpc) is 2.42. The van der Waals surface area contributed by atoms with Gasteiger partial charge in [0.15, 0.2) is 0 Å². The molecule has 1 fully saturated rings. The van der Waals surface area contributed by atoms with Crippen molar-refractivity contribution in [2.24, 2.45) is 17.8 Å². The lowest BCUT2D eigenvalue weighted by molar-refractivity contribution is 0.167. The molecule has 1 aliphatic rings. The quantitative estimate of drug-likeness (QED) is 0.641. The minimum atomic E-state index is 0.813. The fourth-order valence-corrected chi connectivity index (χ4v) is 3.64. The zero-order chi connectivity index (χ0) is 13.4. The Bertz CT molecular complexity index is 198. The van der Waals surface area contributed by atoms with Crippen molar-refractivity contribution < 1.29 is 0 Å². The maximum atomic E-state index is 3.82. The van der Waals surface area contributed by atoms with Gasteiger partial charge in [-0.2, -0.15) is 0 Å². The molecule has 1 rings (SSSR count). The Morgan fingerprint density at radius 1 is 1.06 bits per heavy atom. The first-order valence-corrected chi connectivity index (χ1v) is 8.48. The van der Waals surface area contributed by atoms with Crippen molar-refractivity contribution in [2.75, 3.05) is 6.54 Å². The SMILES string of the molecule is CCCNC1CCC(CC)CC1CC(CC)CC. The third-order valence-electron chi connectivity index (χ3n) is 5.12. The van der Waals surface area contributed by atoms with Gasteiger partial charge in [-0.05, 0) is 56.4 Å². The molecule has 1 aliphatic carbocycles. The van der Waals surface area contributed by atoms with Crippen LogP contribution in [0.3, 0.4) is 0 Å². The van der Waals surface area contributed by atoms with E-state index in [1.807, 2.05) is 0 Å². The molecule has 0 spiro atoms. The van der Waals surface area contributed by atoms with Crippen LogP contribution in [-0.2, 0) is 0 Å². The molecular weight excluding hydrogens is 218 g/mol. The molecule has 0 heterocycles. The highest BCUT2D eigenvalue weighted by atomic mass is 14.9. The molecule has 0 aromatic carbocycles. The van der Waals surface area contributed by atoms with Gasteiger partial charge in [0.25, 0.3) is 0 Å². The van der Waals surface area contributed by atoms with Gasteiger partial charge in [0.05, 0.1) is 0 Å². The number of hydrogen-bond donors (Lipinski definition) is 1.